The molecule has 18 heavy (non-hydrogen) atoms. The summed E-state index contributed by atoms with van der Waals surface area (Å²) in [7, 11) is -3.41. The molecule has 5 nitrogen and oxygen atoms in total. The van der Waals surface area contributed by atoms with Crippen LogP contribution in [-0.2, 0) is 18.1 Å². The Bertz CT molecular complexity index is 248. The van der Waals surface area contributed by atoms with Crippen LogP contribution in [0.2, 0.25) is 0 Å². The molecule has 0 aromatic carbocycles. The van der Waals surface area contributed by atoms with Crippen LogP contribution >= 0.6 is 7.82 Å². The van der Waals surface area contributed by atoms with Crippen molar-refractivity contribution in [3.8, 4) is 0 Å². The number of hydrogen-bond acceptors (Lipinski definition) is 5. The van der Waals surface area contributed by atoms with Crippen molar-refractivity contribution in [3.63, 3.8) is 0 Å². The fourth-order valence-electron chi connectivity index (χ4n) is 1.30. The third kappa shape index (κ3) is 9.51. The van der Waals surface area contributed by atoms with Gasteiger partial charge in [0.15, 0.2) is 0 Å². The number of unbranched alkanes of at least 4 members (excludes halogenated alkanes) is 3. The molecule has 0 aromatic heterocycles. The van der Waals surface area contributed by atoms with Crippen molar-refractivity contribution in [1.29, 1.82) is 0 Å². The molecule has 0 saturated carbocycles. The average Bonchev–Trinajstić information content (AvgIpc) is 2.33. The molecule has 0 aliphatic carbocycles. The molecule has 0 saturated heterocycles. The van der Waals surface area contributed by atoms with E-state index in [-0.39, 0.29) is 13.2 Å². The van der Waals surface area contributed by atoms with E-state index in [2.05, 4.69) is 12.2 Å². The lowest BCUT2D eigenvalue weighted by atomic mass is 10.2. The van der Waals surface area contributed by atoms with E-state index < -0.39 is 7.82 Å². The highest BCUT2D eigenvalue weighted by atomic mass is 31.2. The van der Waals surface area contributed by atoms with Gasteiger partial charge in [-0.2, -0.15) is 0 Å². The minimum absolute atomic E-state index is 0.287. The molecule has 0 amide bonds. The summed E-state index contributed by atoms with van der Waals surface area (Å²) in [6.45, 7) is 7.12. The van der Waals surface area contributed by atoms with E-state index in [1.807, 2.05) is 0 Å². The van der Waals surface area contributed by atoms with E-state index >= 15 is 0 Å². The monoisotopic (exact) mass is 279 g/mol. The summed E-state index contributed by atoms with van der Waals surface area (Å²) in [6, 6.07) is 0. The predicted octanol–water partition coefficient (Wildman–Crippen LogP) is 3.83. The van der Waals surface area contributed by atoms with Gasteiger partial charge in [-0.25, -0.2) is 4.57 Å². The van der Waals surface area contributed by atoms with E-state index in [1.54, 1.807) is 20.0 Å². The van der Waals surface area contributed by atoms with Gasteiger partial charge < -0.3 is 9.84 Å². The Kier molecular flexibility index (Phi) is 11.2. The fraction of sp³-hybridized carbons (Fsp3) is 0.833. The van der Waals surface area contributed by atoms with Crippen molar-refractivity contribution >= 4 is 7.82 Å². The molecule has 0 aromatic rings. The van der Waals surface area contributed by atoms with E-state index in [4.69, 9.17) is 13.6 Å². The molecule has 108 valence electrons. The Morgan fingerprint density at radius 2 is 1.72 bits per heavy atom. The highest BCUT2D eigenvalue weighted by molar-refractivity contribution is 7.48. The molecular weight excluding hydrogens is 253 g/mol. The van der Waals surface area contributed by atoms with Crippen molar-refractivity contribution in [2.75, 3.05) is 19.8 Å². The molecule has 0 spiro atoms. The molecule has 0 atom stereocenters. The van der Waals surface area contributed by atoms with Crippen LogP contribution in [0.4, 0.5) is 0 Å². The molecule has 0 rings (SSSR count). The van der Waals surface area contributed by atoms with Gasteiger partial charge in [-0.15, -0.1) is 0 Å². The largest absolute Gasteiger partial charge is 0.529 e. The topological polar surface area (TPSA) is 56.8 Å². The number of nitrogens with one attached hydrogen (secondary N) is 1. The third-order valence-electron chi connectivity index (χ3n) is 2.12. The van der Waals surface area contributed by atoms with Crippen LogP contribution in [0.15, 0.2) is 12.5 Å². The lowest BCUT2D eigenvalue weighted by Gasteiger charge is -2.14. The zero-order valence-electron chi connectivity index (χ0n) is 11.7. The lowest BCUT2D eigenvalue weighted by Crippen LogP contribution is -2.06. The molecule has 0 fully saturated rings. The maximum atomic E-state index is 11.8. The van der Waals surface area contributed by atoms with Crippen LogP contribution < -0.4 is 5.32 Å². The molecular formula is C12H26NO4P. The summed E-state index contributed by atoms with van der Waals surface area (Å²) in [6.07, 6.45) is 7.76. The maximum Gasteiger partial charge on any atom is 0.529 e. The molecule has 0 aliphatic rings. The molecule has 0 bridgehead atoms. The zero-order valence-corrected chi connectivity index (χ0v) is 12.6. The standard InChI is InChI=1S/C12H26NO4P/c1-4-7-8-9-10-13-11-12-17-18(14,15-5-2)16-6-3/h11-13H,4-10H2,1-3H3. The van der Waals surface area contributed by atoms with Crippen molar-refractivity contribution in [2.45, 2.75) is 46.5 Å². The number of phosphoric ester groups is 1. The number of rotatable bonds is 12. The first kappa shape index (κ1) is 17.5. The second-order valence-corrected chi connectivity index (χ2v) is 5.33. The van der Waals surface area contributed by atoms with Crippen molar-refractivity contribution in [3.05, 3.63) is 12.5 Å². The van der Waals surface area contributed by atoms with E-state index in [1.165, 1.54) is 25.5 Å². The van der Waals surface area contributed by atoms with Crippen molar-refractivity contribution in [1.82, 2.24) is 5.32 Å². The SMILES string of the molecule is CCCCCCNC=COP(=O)(OCC)OCC. The second kappa shape index (κ2) is 11.6. The Morgan fingerprint density at radius 3 is 2.28 bits per heavy atom. The number of hydrogen-bond donors (Lipinski definition) is 1. The Hall–Kier alpha value is -0.510. The van der Waals surface area contributed by atoms with Crippen molar-refractivity contribution in [2.24, 2.45) is 0 Å². The predicted molar refractivity (Wildman–Crippen MR) is 73.2 cm³/mol. The minimum atomic E-state index is -3.41. The van der Waals surface area contributed by atoms with Crippen molar-refractivity contribution < 1.29 is 18.1 Å². The normalized spacial score (nSPS) is 11.9. The van der Waals surface area contributed by atoms with Gasteiger partial charge in [0.1, 0.15) is 6.26 Å². The van der Waals surface area contributed by atoms with E-state index in [0.717, 1.165) is 13.0 Å². The summed E-state index contributed by atoms with van der Waals surface area (Å²) in [5.41, 5.74) is 0. The Labute approximate surface area is 111 Å². The Morgan fingerprint density at radius 1 is 1.06 bits per heavy atom. The fourth-order valence-corrected chi connectivity index (χ4v) is 2.34. The average molecular weight is 279 g/mol. The molecule has 6 heteroatoms. The van der Waals surface area contributed by atoms with Gasteiger partial charge in [0.2, 0.25) is 0 Å². The minimum Gasteiger partial charge on any atom is -0.410 e. The van der Waals surface area contributed by atoms with Gasteiger partial charge >= 0.3 is 7.82 Å². The highest BCUT2D eigenvalue weighted by Crippen LogP contribution is 2.49. The molecule has 1 N–H and O–H groups in total. The lowest BCUT2D eigenvalue weighted by molar-refractivity contribution is 0.153. The summed E-state index contributed by atoms with van der Waals surface area (Å²) in [5.74, 6) is 0. The van der Waals surface area contributed by atoms with Gasteiger partial charge in [-0.1, -0.05) is 26.2 Å². The van der Waals surface area contributed by atoms with Crippen LogP contribution in [-0.4, -0.2) is 19.8 Å². The van der Waals surface area contributed by atoms with Crippen LogP contribution in [0.1, 0.15) is 46.5 Å². The van der Waals surface area contributed by atoms with Gasteiger partial charge in [0.25, 0.3) is 0 Å². The summed E-state index contributed by atoms with van der Waals surface area (Å²) >= 11 is 0. The Balaban J connectivity index is 3.73. The smallest absolute Gasteiger partial charge is 0.410 e. The van der Waals surface area contributed by atoms with Gasteiger partial charge in [0, 0.05) is 12.7 Å². The first-order chi connectivity index (χ1) is 8.68. The van der Waals surface area contributed by atoms with E-state index in [0.29, 0.717) is 0 Å². The summed E-state index contributed by atoms with van der Waals surface area (Å²) in [5, 5.41) is 3.06. The molecule has 0 radical (unpaired) electrons. The zero-order chi connectivity index (χ0) is 13.7. The van der Waals surface area contributed by atoms with Gasteiger partial charge in [-0.05, 0) is 20.3 Å². The van der Waals surface area contributed by atoms with E-state index in [9.17, 15) is 4.57 Å². The van der Waals surface area contributed by atoms with Crippen LogP contribution in [0.5, 0.6) is 0 Å². The quantitative estimate of drug-likeness (QED) is 0.334. The summed E-state index contributed by atoms with van der Waals surface area (Å²) < 4.78 is 26.8. The molecule has 0 aliphatic heterocycles. The first-order valence-electron chi connectivity index (χ1n) is 6.64. The highest BCUT2D eigenvalue weighted by Gasteiger charge is 2.24. The second-order valence-electron chi connectivity index (χ2n) is 3.71. The maximum absolute atomic E-state index is 11.8. The van der Waals surface area contributed by atoms with Crippen LogP contribution in [0.25, 0.3) is 0 Å². The number of phosphoric acid groups is 1. The van der Waals surface area contributed by atoms with Crippen LogP contribution in [0.3, 0.4) is 0 Å². The summed E-state index contributed by atoms with van der Waals surface area (Å²) in [4.78, 5) is 0. The third-order valence-corrected chi connectivity index (χ3v) is 3.65. The molecule has 0 unspecified atom stereocenters. The first-order valence-corrected chi connectivity index (χ1v) is 8.10. The van der Waals surface area contributed by atoms with Crippen LogP contribution in [0, 0.1) is 0 Å². The van der Waals surface area contributed by atoms with Gasteiger partial charge in [0.05, 0.1) is 13.2 Å². The molecule has 0 heterocycles. The van der Waals surface area contributed by atoms with Gasteiger partial charge in [-0.3, -0.25) is 9.05 Å².